The first-order chi connectivity index (χ1) is 21.7. The zero-order valence-corrected chi connectivity index (χ0v) is 25.3. The van der Waals surface area contributed by atoms with Crippen molar-refractivity contribution in [2.45, 2.75) is 31.2 Å². The van der Waals surface area contributed by atoms with Crippen LogP contribution in [0.2, 0.25) is 0 Å². The molecule has 7 rings (SSSR count). The summed E-state index contributed by atoms with van der Waals surface area (Å²) >= 11 is 0. The van der Waals surface area contributed by atoms with E-state index in [9.17, 15) is 4.79 Å². The number of nitrogens with zero attached hydrogens (tertiary/aromatic N) is 6. The Hall–Kier alpha value is -4.49. The number of para-hydroxylation sites is 2. The average Bonchev–Trinajstić information content (AvgIpc) is 3.60. The average molecular weight is 585 g/mol. The van der Waals surface area contributed by atoms with Crippen molar-refractivity contribution in [3.8, 4) is 0 Å². The zero-order valence-electron chi connectivity index (χ0n) is 25.3. The van der Waals surface area contributed by atoms with Gasteiger partial charge in [0, 0.05) is 49.9 Å². The number of imidazole rings is 1. The Bertz CT molecular complexity index is 1690. The fourth-order valence-electron chi connectivity index (χ4n) is 7.07. The molecular weight excluding hydrogens is 544 g/mol. The lowest BCUT2D eigenvalue weighted by Gasteiger charge is -2.33. The van der Waals surface area contributed by atoms with Crippen LogP contribution in [0, 0.1) is 0 Å². The smallest absolute Gasteiger partial charge is 0.253 e. The largest absolute Gasteiger partial charge is 0.341 e. The predicted octanol–water partition coefficient (Wildman–Crippen LogP) is 5.87. The Kier molecular flexibility index (Phi) is 8.12. The fraction of sp³-hybridized carbons (Fsp3) is 0.324. The molecule has 0 N–H and O–H groups in total. The van der Waals surface area contributed by atoms with Crippen molar-refractivity contribution in [3.05, 3.63) is 126 Å². The molecular formula is C37H40N6O. The molecule has 44 heavy (non-hydrogen) atoms. The van der Waals surface area contributed by atoms with Gasteiger partial charge in [0.05, 0.1) is 23.3 Å². The third-order valence-electron chi connectivity index (χ3n) is 9.51. The molecule has 2 aliphatic heterocycles. The van der Waals surface area contributed by atoms with Gasteiger partial charge in [-0.05, 0) is 74.3 Å². The van der Waals surface area contributed by atoms with Crippen molar-refractivity contribution >= 4 is 22.9 Å². The lowest BCUT2D eigenvalue weighted by molar-refractivity contribution is 0.0781. The van der Waals surface area contributed by atoms with E-state index in [1.165, 1.54) is 5.56 Å². The maximum Gasteiger partial charge on any atom is 0.253 e. The van der Waals surface area contributed by atoms with Crippen LogP contribution in [0.4, 0.5) is 5.95 Å². The number of amides is 1. The van der Waals surface area contributed by atoms with Crippen molar-refractivity contribution < 1.29 is 4.79 Å². The number of aromatic nitrogens is 3. The van der Waals surface area contributed by atoms with Gasteiger partial charge in [0.1, 0.15) is 0 Å². The van der Waals surface area contributed by atoms with Crippen molar-refractivity contribution in [2.24, 2.45) is 0 Å². The number of rotatable bonds is 8. The second kappa shape index (κ2) is 12.6. The molecule has 2 aromatic heterocycles. The predicted molar refractivity (Wildman–Crippen MR) is 176 cm³/mol. The maximum absolute atomic E-state index is 13.4. The molecule has 0 spiro atoms. The topological polar surface area (TPSA) is 57.5 Å². The summed E-state index contributed by atoms with van der Waals surface area (Å²) < 4.78 is 2.33. The first-order valence-corrected chi connectivity index (χ1v) is 15.9. The van der Waals surface area contributed by atoms with E-state index in [0.717, 1.165) is 93.3 Å². The number of carbonyl (C=O) groups is 1. The summed E-state index contributed by atoms with van der Waals surface area (Å²) in [5.41, 5.74) is 5.31. The van der Waals surface area contributed by atoms with Gasteiger partial charge in [-0.1, -0.05) is 66.7 Å². The molecule has 4 heterocycles. The Morgan fingerprint density at radius 1 is 0.773 bits per heavy atom. The van der Waals surface area contributed by atoms with Gasteiger partial charge in [-0.3, -0.25) is 9.78 Å². The minimum Gasteiger partial charge on any atom is -0.341 e. The highest BCUT2D eigenvalue weighted by Crippen LogP contribution is 2.39. The molecule has 0 bridgehead atoms. The van der Waals surface area contributed by atoms with E-state index in [1.54, 1.807) is 0 Å². The van der Waals surface area contributed by atoms with Gasteiger partial charge in [0.2, 0.25) is 5.95 Å². The molecule has 0 aliphatic carbocycles. The van der Waals surface area contributed by atoms with Crippen LogP contribution in [0.1, 0.15) is 40.9 Å². The minimum atomic E-state index is -0.0334. The maximum atomic E-state index is 13.4. The third kappa shape index (κ3) is 5.84. The van der Waals surface area contributed by atoms with Crippen LogP contribution in [0.3, 0.4) is 0 Å². The van der Waals surface area contributed by atoms with Crippen LogP contribution in [-0.4, -0.2) is 76.1 Å². The molecule has 7 nitrogen and oxygen atoms in total. The van der Waals surface area contributed by atoms with Crippen molar-refractivity contribution in [1.82, 2.24) is 24.3 Å². The van der Waals surface area contributed by atoms with E-state index < -0.39 is 0 Å². The molecule has 3 aromatic carbocycles. The zero-order chi connectivity index (χ0) is 29.8. The first-order valence-electron chi connectivity index (χ1n) is 15.9. The summed E-state index contributed by atoms with van der Waals surface area (Å²) in [6.45, 7) is 7.24. The Labute approximate surface area is 259 Å². The van der Waals surface area contributed by atoms with Crippen LogP contribution in [0.25, 0.3) is 11.0 Å². The Balaban J connectivity index is 1.06. The molecule has 7 heteroatoms. The number of hydrogen-bond acceptors (Lipinski definition) is 5. The number of fused-ring (bicyclic) bond motifs is 1. The molecule has 2 aliphatic rings. The number of anilines is 1. The van der Waals surface area contributed by atoms with Gasteiger partial charge in [0.15, 0.2) is 0 Å². The summed E-state index contributed by atoms with van der Waals surface area (Å²) in [7, 11) is 0. The first kappa shape index (κ1) is 28.3. The highest BCUT2D eigenvalue weighted by Gasteiger charge is 2.41. The lowest BCUT2D eigenvalue weighted by Crippen LogP contribution is -2.39. The van der Waals surface area contributed by atoms with E-state index in [0.29, 0.717) is 6.54 Å². The van der Waals surface area contributed by atoms with Gasteiger partial charge in [0.25, 0.3) is 5.91 Å². The van der Waals surface area contributed by atoms with E-state index in [4.69, 9.17) is 4.98 Å². The quantitative estimate of drug-likeness (QED) is 0.229. The molecule has 2 fully saturated rings. The van der Waals surface area contributed by atoms with Crippen LogP contribution in [0.15, 0.2) is 109 Å². The number of carbonyl (C=O) groups excluding carboxylic acids is 1. The fourth-order valence-corrected chi connectivity index (χ4v) is 7.07. The van der Waals surface area contributed by atoms with Crippen LogP contribution in [0.5, 0.6) is 0 Å². The molecule has 0 radical (unpaired) electrons. The minimum absolute atomic E-state index is 0.0334. The highest BCUT2D eigenvalue weighted by atomic mass is 16.2. The lowest BCUT2D eigenvalue weighted by atomic mass is 9.76. The summed E-state index contributed by atoms with van der Waals surface area (Å²) in [5, 5.41) is 0. The number of pyridine rings is 1. The van der Waals surface area contributed by atoms with Gasteiger partial charge in [-0.25, -0.2) is 4.98 Å². The van der Waals surface area contributed by atoms with Gasteiger partial charge in [-0.15, -0.1) is 0 Å². The highest BCUT2D eigenvalue weighted by molar-refractivity contribution is 5.94. The Morgan fingerprint density at radius 2 is 1.55 bits per heavy atom. The van der Waals surface area contributed by atoms with E-state index >= 15 is 0 Å². The molecule has 5 aromatic rings. The number of benzene rings is 3. The molecule has 1 amide bonds. The van der Waals surface area contributed by atoms with Crippen LogP contribution in [-0.2, 0) is 12.0 Å². The SMILES string of the molecule is O=C(c1ccccc1)N1CCC(CCN2CCCN(c3nc4ccccc4n3Cc3ccccn3)CC2)(c2ccccc2)C1. The molecule has 1 atom stereocenters. The van der Waals surface area contributed by atoms with Crippen molar-refractivity contribution in [3.63, 3.8) is 0 Å². The molecule has 1 unspecified atom stereocenters. The van der Waals surface area contributed by atoms with Gasteiger partial charge in [-0.2, -0.15) is 0 Å². The van der Waals surface area contributed by atoms with E-state index in [2.05, 4.69) is 84.9 Å². The molecule has 0 saturated carbocycles. The van der Waals surface area contributed by atoms with Gasteiger partial charge < -0.3 is 19.3 Å². The van der Waals surface area contributed by atoms with Gasteiger partial charge >= 0.3 is 0 Å². The molecule has 2 saturated heterocycles. The monoisotopic (exact) mass is 584 g/mol. The standard InChI is InChI=1S/C37H40N6O/c44-35(30-12-3-1-4-13-30)42-25-20-37(29-42,31-14-5-2-6-15-31)19-24-40-22-11-23-41(27-26-40)36-39-33-17-7-8-18-34(33)43(36)28-32-16-9-10-21-38-32/h1-10,12-18,21H,11,19-20,22-29H2. The summed E-state index contributed by atoms with van der Waals surface area (Å²) in [6, 6.07) is 35.1. The summed E-state index contributed by atoms with van der Waals surface area (Å²) in [6.07, 6.45) is 4.98. The molecule has 224 valence electrons. The van der Waals surface area contributed by atoms with Crippen molar-refractivity contribution in [2.75, 3.05) is 50.7 Å². The number of likely N-dealkylation sites (tertiary alicyclic amines) is 1. The van der Waals surface area contributed by atoms with Crippen LogP contribution < -0.4 is 4.90 Å². The number of hydrogen-bond donors (Lipinski definition) is 0. The van der Waals surface area contributed by atoms with E-state index in [1.807, 2.05) is 48.7 Å². The summed E-state index contributed by atoms with van der Waals surface area (Å²) in [4.78, 5) is 30.3. The van der Waals surface area contributed by atoms with E-state index in [-0.39, 0.29) is 11.3 Å². The van der Waals surface area contributed by atoms with Crippen LogP contribution >= 0.6 is 0 Å². The normalized spacial score (nSPS) is 19.4. The second-order valence-corrected chi connectivity index (χ2v) is 12.2. The Morgan fingerprint density at radius 3 is 2.36 bits per heavy atom. The second-order valence-electron chi connectivity index (χ2n) is 12.2. The van der Waals surface area contributed by atoms with Crippen molar-refractivity contribution in [1.29, 1.82) is 0 Å². The third-order valence-corrected chi connectivity index (χ3v) is 9.51. The summed E-state index contributed by atoms with van der Waals surface area (Å²) in [5.74, 6) is 1.17.